The third-order valence-electron chi connectivity index (χ3n) is 4.03. The van der Waals surface area contributed by atoms with E-state index in [0.717, 1.165) is 19.3 Å². The molecule has 1 N–H and O–H groups in total. The second-order valence-corrected chi connectivity index (χ2v) is 5.58. The fourth-order valence-corrected chi connectivity index (χ4v) is 2.86. The maximum absolute atomic E-state index is 12.2. The maximum Gasteiger partial charge on any atom is 0.331 e. The highest BCUT2D eigenvalue weighted by molar-refractivity contribution is 5.88. The Morgan fingerprint density at radius 2 is 1.96 bits per heavy atom. The summed E-state index contributed by atoms with van der Waals surface area (Å²) in [6.07, 6.45) is 3.92. The summed E-state index contributed by atoms with van der Waals surface area (Å²) >= 11 is 0. The van der Waals surface area contributed by atoms with Crippen molar-refractivity contribution in [2.24, 2.45) is 0 Å². The molecule has 0 atom stereocenters. The molecule has 0 radical (unpaired) electrons. The maximum atomic E-state index is 12.2. The molecule has 122 valence electrons. The molecule has 1 fully saturated rings. The highest BCUT2D eigenvalue weighted by Crippen LogP contribution is 2.29. The molecule has 2 rings (SSSR count). The van der Waals surface area contributed by atoms with Crippen LogP contribution in [0.5, 0.6) is 5.75 Å². The quantitative estimate of drug-likeness (QED) is 0.839. The number of carbonyl (C=O) groups is 2. The summed E-state index contributed by atoms with van der Waals surface area (Å²) in [5.41, 5.74) is -0.594. The van der Waals surface area contributed by atoms with Gasteiger partial charge in [-0.05, 0) is 25.0 Å². The van der Waals surface area contributed by atoms with E-state index in [1.54, 1.807) is 24.3 Å². The van der Waals surface area contributed by atoms with Crippen molar-refractivity contribution in [3.05, 3.63) is 29.8 Å². The van der Waals surface area contributed by atoms with Crippen molar-refractivity contribution in [2.45, 2.75) is 37.6 Å². The first-order valence-electron chi connectivity index (χ1n) is 7.63. The molecule has 1 aliphatic carbocycles. The predicted octanol–water partition coefficient (Wildman–Crippen LogP) is 1.93. The Kier molecular flexibility index (Phi) is 5.58. The molecule has 0 aromatic heterocycles. The average Bonchev–Trinajstić information content (AvgIpc) is 2.60. The van der Waals surface area contributed by atoms with E-state index >= 15 is 0 Å². The first-order chi connectivity index (χ1) is 11.1. The lowest BCUT2D eigenvalue weighted by atomic mass is 9.81. The number of hydrogen-bond donors (Lipinski definition) is 1. The van der Waals surface area contributed by atoms with E-state index in [9.17, 15) is 9.59 Å². The molecule has 0 spiro atoms. The Hall–Kier alpha value is -2.55. The van der Waals surface area contributed by atoms with Crippen molar-refractivity contribution in [1.82, 2.24) is 5.32 Å². The fourth-order valence-electron chi connectivity index (χ4n) is 2.86. The van der Waals surface area contributed by atoms with Crippen LogP contribution in [0, 0.1) is 11.3 Å². The van der Waals surface area contributed by atoms with Gasteiger partial charge in [0.2, 0.25) is 0 Å². The molecule has 0 unspecified atom stereocenters. The van der Waals surface area contributed by atoms with Crippen molar-refractivity contribution < 1.29 is 19.1 Å². The van der Waals surface area contributed by atoms with Crippen LogP contribution < -0.4 is 10.1 Å². The van der Waals surface area contributed by atoms with Crippen LogP contribution in [0.15, 0.2) is 24.3 Å². The van der Waals surface area contributed by atoms with Gasteiger partial charge in [0.05, 0.1) is 12.7 Å². The number of methoxy groups -OCH3 is 1. The summed E-state index contributed by atoms with van der Waals surface area (Å²) in [6, 6.07) is 8.70. The normalized spacial score (nSPS) is 16.0. The number of amides is 1. The summed E-state index contributed by atoms with van der Waals surface area (Å²) in [5.74, 6) is -0.464. The number of nitriles is 1. The summed E-state index contributed by atoms with van der Waals surface area (Å²) < 4.78 is 10.3. The van der Waals surface area contributed by atoms with Crippen LogP contribution in [0.1, 0.15) is 37.7 Å². The molecule has 1 amide bonds. The van der Waals surface area contributed by atoms with Gasteiger partial charge < -0.3 is 14.8 Å². The number of rotatable bonds is 5. The van der Waals surface area contributed by atoms with Crippen molar-refractivity contribution in [3.63, 3.8) is 0 Å². The van der Waals surface area contributed by atoms with Crippen LogP contribution in [0.4, 0.5) is 0 Å². The van der Waals surface area contributed by atoms with Crippen molar-refractivity contribution in [3.8, 4) is 11.8 Å². The van der Waals surface area contributed by atoms with E-state index in [1.807, 2.05) is 6.07 Å². The molecule has 1 saturated carbocycles. The van der Waals surface area contributed by atoms with Crippen LogP contribution in [-0.2, 0) is 14.3 Å². The van der Waals surface area contributed by atoms with E-state index in [1.165, 1.54) is 7.11 Å². The van der Waals surface area contributed by atoms with Gasteiger partial charge in [-0.2, -0.15) is 5.26 Å². The van der Waals surface area contributed by atoms with Gasteiger partial charge in [-0.1, -0.05) is 31.4 Å². The lowest BCUT2D eigenvalue weighted by Crippen LogP contribution is -2.57. The van der Waals surface area contributed by atoms with Gasteiger partial charge in [-0.15, -0.1) is 0 Å². The summed E-state index contributed by atoms with van der Waals surface area (Å²) in [4.78, 5) is 24.3. The minimum absolute atomic E-state index is 0.253. The van der Waals surface area contributed by atoms with Gasteiger partial charge >= 0.3 is 5.97 Å². The number of esters is 1. The molecule has 1 aromatic rings. The highest BCUT2D eigenvalue weighted by Gasteiger charge is 2.41. The van der Waals surface area contributed by atoms with Gasteiger partial charge in [-0.3, -0.25) is 4.79 Å². The van der Waals surface area contributed by atoms with Crippen molar-refractivity contribution in [1.29, 1.82) is 5.26 Å². The third-order valence-corrected chi connectivity index (χ3v) is 4.03. The molecule has 23 heavy (non-hydrogen) atoms. The molecule has 1 aliphatic rings. The van der Waals surface area contributed by atoms with E-state index in [0.29, 0.717) is 24.2 Å². The number of hydrogen-bond acceptors (Lipinski definition) is 5. The first-order valence-corrected chi connectivity index (χ1v) is 7.63. The zero-order chi connectivity index (χ0) is 16.7. The smallest absolute Gasteiger partial charge is 0.331 e. The van der Waals surface area contributed by atoms with E-state index in [4.69, 9.17) is 14.7 Å². The minimum atomic E-state index is -0.956. The largest absolute Gasteiger partial charge is 0.482 e. The molecule has 0 heterocycles. The Balaban J connectivity index is 2.00. The van der Waals surface area contributed by atoms with E-state index < -0.39 is 17.4 Å². The monoisotopic (exact) mass is 316 g/mol. The standard InChI is InChI=1S/C17H20N2O4/c1-22-16(21)17(9-5-2-6-10-17)19-15(20)12-23-14-8-4-3-7-13(14)11-18/h3-4,7-8H,2,5-6,9-10,12H2,1H3,(H,19,20). The number of benzene rings is 1. The second-order valence-electron chi connectivity index (χ2n) is 5.58. The Morgan fingerprint density at radius 3 is 2.61 bits per heavy atom. The zero-order valence-corrected chi connectivity index (χ0v) is 13.1. The second kappa shape index (κ2) is 7.63. The van der Waals surface area contributed by atoms with Crippen molar-refractivity contribution >= 4 is 11.9 Å². The summed E-state index contributed by atoms with van der Waals surface area (Å²) in [6.45, 7) is -0.253. The Morgan fingerprint density at radius 1 is 1.26 bits per heavy atom. The molecular formula is C17H20N2O4. The third kappa shape index (κ3) is 4.01. The number of ether oxygens (including phenoxy) is 2. The molecule has 0 bridgehead atoms. The number of nitrogens with zero attached hydrogens (tertiary/aromatic N) is 1. The van der Waals surface area contributed by atoms with Crippen molar-refractivity contribution in [2.75, 3.05) is 13.7 Å². The van der Waals surface area contributed by atoms with Crippen LogP contribution in [0.25, 0.3) is 0 Å². The van der Waals surface area contributed by atoms with Gasteiger partial charge in [0.1, 0.15) is 17.4 Å². The number of carbonyl (C=O) groups excluding carboxylic acids is 2. The molecule has 0 saturated heterocycles. The minimum Gasteiger partial charge on any atom is -0.482 e. The number of nitrogens with one attached hydrogen (secondary N) is 1. The van der Waals surface area contributed by atoms with Gasteiger partial charge in [0.15, 0.2) is 6.61 Å². The van der Waals surface area contributed by atoms with Gasteiger partial charge in [0.25, 0.3) is 5.91 Å². The SMILES string of the molecule is COC(=O)C1(NC(=O)COc2ccccc2C#N)CCCCC1. The van der Waals surface area contributed by atoms with E-state index in [-0.39, 0.29) is 6.61 Å². The summed E-state index contributed by atoms with van der Waals surface area (Å²) in [7, 11) is 1.32. The van der Waals surface area contributed by atoms with Gasteiger partial charge in [-0.25, -0.2) is 4.79 Å². The number of para-hydroxylation sites is 1. The molecular weight excluding hydrogens is 296 g/mol. The molecule has 6 heteroatoms. The topological polar surface area (TPSA) is 88.4 Å². The molecule has 1 aromatic carbocycles. The van der Waals surface area contributed by atoms with Crippen LogP contribution in [0.2, 0.25) is 0 Å². The molecule has 6 nitrogen and oxygen atoms in total. The Labute approximate surface area is 135 Å². The lowest BCUT2D eigenvalue weighted by Gasteiger charge is -2.35. The van der Waals surface area contributed by atoms with Gasteiger partial charge in [0, 0.05) is 0 Å². The van der Waals surface area contributed by atoms with E-state index in [2.05, 4.69) is 5.32 Å². The van der Waals surface area contributed by atoms with Crippen LogP contribution in [-0.4, -0.2) is 31.1 Å². The molecule has 0 aliphatic heterocycles. The average molecular weight is 316 g/mol. The predicted molar refractivity (Wildman–Crippen MR) is 82.6 cm³/mol. The highest BCUT2D eigenvalue weighted by atomic mass is 16.5. The Bertz CT molecular complexity index is 615. The first kappa shape index (κ1) is 16.8. The zero-order valence-electron chi connectivity index (χ0n) is 13.1. The van der Waals surface area contributed by atoms with Crippen LogP contribution >= 0.6 is 0 Å². The lowest BCUT2D eigenvalue weighted by molar-refractivity contribution is -0.152. The fraction of sp³-hybridized carbons (Fsp3) is 0.471. The summed E-state index contributed by atoms with van der Waals surface area (Å²) in [5, 5.41) is 11.8. The van der Waals surface area contributed by atoms with Crippen LogP contribution in [0.3, 0.4) is 0 Å².